The topological polar surface area (TPSA) is 132 Å². The van der Waals surface area contributed by atoms with E-state index in [9.17, 15) is 14.7 Å². The van der Waals surface area contributed by atoms with E-state index in [1.807, 2.05) is 18.2 Å². The number of benzene rings is 1. The summed E-state index contributed by atoms with van der Waals surface area (Å²) in [5.41, 5.74) is -0.227. The molecule has 0 fully saturated rings. The lowest BCUT2D eigenvalue weighted by molar-refractivity contribution is -0.134. The lowest BCUT2D eigenvalue weighted by Gasteiger charge is -2.28. The van der Waals surface area contributed by atoms with Crippen LogP contribution in [-0.2, 0) is 15.2 Å². The molecule has 2 heterocycles. The van der Waals surface area contributed by atoms with Crippen molar-refractivity contribution in [1.82, 2.24) is 10.3 Å². The maximum Gasteiger partial charge on any atom is 0.328 e. The van der Waals surface area contributed by atoms with Crippen molar-refractivity contribution in [3.05, 3.63) is 77.1 Å². The zero-order valence-electron chi connectivity index (χ0n) is 14.6. The molecular weight excluding hydrogens is 386 g/mol. The van der Waals surface area contributed by atoms with Crippen molar-refractivity contribution in [1.29, 1.82) is 0 Å². The van der Waals surface area contributed by atoms with E-state index in [-0.39, 0.29) is 0 Å². The molecule has 0 amide bonds. The maximum atomic E-state index is 11.3. The van der Waals surface area contributed by atoms with Gasteiger partial charge in [0.05, 0.1) is 12.2 Å². The summed E-state index contributed by atoms with van der Waals surface area (Å²) in [7, 11) is 0. The van der Waals surface area contributed by atoms with Crippen LogP contribution in [0.5, 0.6) is 0 Å². The lowest BCUT2D eigenvalue weighted by atomic mass is 9.88. The van der Waals surface area contributed by atoms with Gasteiger partial charge in [0.1, 0.15) is 5.84 Å². The van der Waals surface area contributed by atoms with Gasteiger partial charge < -0.3 is 20.6 Å². The highest BCUT2D eigenvalue weighted by atomic mass is 35.5. The first-order valence-corrected chi connectivity index (χ1v) is 8.54. The summed E-state index contributed by atoms with van der Waals surface area (Å²) >= 11 is 6.05. The van der Waals surface area contributed by atoms with Gasteiger partial charge in [-0.05, 0) is 29.8 Å². The van der Waals surface area contributed by atoms with Gasteiger partial charge in [-0.2, -0.15) is 0 Å². The summed E-state index contributed by atoms with van der Waals surface area (Å²) in [6.45, 7) is 1.36. The number of halogens is 1. The molecule has 28 heavy (non-hydrogen) atoms. The molecular formula is C19H18ClN3O5. The molecule has 1 aromatic heterocycles. The first-order chi connectivity index (χ1) is 13.3. The SMILES string of the molecule is O=C(O)/C=C\C(=O)O.OC(C1=NCCN1)(c1cccc(Cl)c1)c1ccccn1. The summed E-state index contributed by atoms with van der Waals surface area (Å²) in [4.78, 5) is 27.8. The van der Waals surface area contributed by atoms with Crippen LogP contribution in [0.15, 0.2) is 65.8 Å². The highest BCUT2D eigenvalue weighted by Gasteiger charge is 2.40. The lowest BCUT2D eigenvalue weighted by Crippen LogP contribution is -2.44. The number of pyridine rings is 1. The third-order valence-electron chi connectivity index (χ3n) is 3.66. The van der Waals surface area contributed by atoms with Crippen molar-refractivity contribution < 1.29 is 24.9 Å². The molecule has 4 N–H and O–H groups in total. The van der Waals surface area contributed by atoms with Crippen molar-refractivity contribution in [2.45, 2.75) is 5.60 Å². The van der Waals surface area contributed by atoms with Crippen molar-refractivity contribution in [2.75, 3.05) is 13.1 Å². The number of carboxylic acids is 2. The molecule has 146 valence electrons. The summed E-state index contributed by atoms with van der Waals surface area (Å²) < 4.78 is 0. The summed E-state index contributed by atoms with van der Waals surface area (Å²) in [5, 5.41) is 30.6. The largest absolute Gasteiger partial charge is 0.478 e. The van der Waals surface area contributed by atoms with Gasteiger partial charge in [0.25, 0.3) is 0 Å². The second-order valence-electron chi connectivity index (χ2n) is 5.60. The fourth-order valence-corrected chi connectivity index (χ4v) is 2.67. The van der Waals surface area contributed by atoms with Crippen molar-refractivity contribution >= 4 is 29.4 Å². The Morgan fingerprint density at radius 2 is 1.82 bits per heavy atom. The Balaban J connectivity index is 0.000000300. The second kappa shape index (κ2) is 9.63. The normalized spacial score (nSPS) is 15.0. The molecule has 9 heteroatoms. The van der Waals surface area contributed by atoms with E-state index in [2.05, 4.69) is 15.3 Å². The average Bonchev–Trinajstić information content (AvgIpc) is 3.22. The van der Waals surface area contributed by atoms with Crippen LogP contribution >= 0.6 is 11.6 Å². The predicted molar refractivity (Wildman–Crippen MR) is 103 cm³/mol. The molecule has 1 unspecified atom stereocenters. The summed E-state index contributed by atoms with van der Waals surface area (Å²) in [6.07, 6.45) is 2.77. The number of hydrogen-bond acceptors (Lipinski definition) is 6. The van der Waals surface area contributed by atoms with E-state index in [1.165, 1.54) is 0 Å². The van der Waals surface area contributed by atoms with Crippen LogP contribution in [-0.4, -0.2) is 51.2 Å². The van der Waals surface area contributed by atoms with Gasteiger partial charge in [0, 0.05) is 29.9 Å². The van der Waals surface area contributed by atoms with Crippen LogP contribution < -0.4 is 5.32 Å². The monoisotopic (exact) mass is 403 g/mol. The number of nitrogens with zero attached hydrogens (tertiary/aromatic N) is 2. The third kappa shape index (κ3) is 5.38. The number of aliphatic hydroxyl groups is 1. The maximum absolute atomic E-state index is 11.3. The molecule has 0 saturated carbocycles. The molecule has 3 rings (SSSR count). The Bertz CT molecular complexity index is 885. The predicted octanol–water partition coefficient (Wildman–Crippen LogP) is 1.68. The van der Waals surface area contributed by atoms with E-state index in [1.54, 1.807) is 30.5 Å². The molecule has 0 saturated heterocycles. The van der Waals surface area contributed by atoms with Crippen LogP contribution in [0.4, 0.5) is 0 Å². The second-order valence-corrected chi connectivity index (χ2v) is 6.04. The highest BCUT2D eigenvalue weighted by molar-refractivity contribution is 6.30. The number of aromatic nitrogens is 1. The molecule has 1 aliphatic heterocycles. The summed E-state index contributed by atoms with van der Waals surface area (Å²) in [5.74, 6) is -2.00. The van der Waals surface area contributed by atoms with Crippen LogP contribution in [0.25, 0.3) is 0 Å². The number of nitrogens with one attached hydrogen (secondary N) is 1. The van der Waals surface area contributed by atoms with Gasteiger partial charge in [-0.3, -0.25) is 9.98 Å². The first kappa shape index (κ1) is 21.1. The fourth-order valence-electron chi connectivity index (χ4n) is 2.48. The van der Waals surface area contributed by atoms with E-state index < -0.39 is 17.5 Å². The number of hydrogen-bond donors (Lipinski definition) is 4. The Hall–Kier alpha value is -3.23. The minimum Gasteiger partial charge on any atom is -0.478 e. The van der Waals surface area contributed by atoms with Gasteiger partial charge in [-0.1, -0.05) is 29.8 Å². The Morgan fingerprint density at radius 3 is 2.32 bits per heavy atom. The smallest absolute Gasteiger partial charge is 0.328 e. The van der Waals surface area contributed by atoms with Gasteiger partial charge in [0.15, 0.2) is 5.60 Å². The quantitative estimate of drug-likeness (QED) is 0.558. The Kier molecular flexibility index (Phi) is 7.25. The van der Waals surface area contributed by atoms with Crippen LogP contribution in [0.2, 0.25) is 5.02 Å². The Labute approximate surface area is 165 Å². The Morgan fingerprint density at radius 1 is 1.11 bits per heavy atom. The van der Waals surface area contributed by atoms with E-state index in [0.717, 1.165) is 0 Å². The molecule has 1 atom stereocenters. The number of aliphatic imine (C=N–C) groups is 1. The number of aliphatic carboxylic acids is 2. The molecule has 0 bridgehead atoms. The van der Waals surface area contributed by atoms with Gasteiger partial charge in [-0.25, -0.2) is 9.59 Å². The van der Waals surface area contributed by atoms with Gasteiger partial charge in [0.2, 0.25) is 0 Å². The molecule has 2 aromatic rings. The minimum absolute atomic E-state index is 0.512. The van der Waals surface area contributed by atoms with Crippen molar-refractivity contribution in [2.24, 2.45) is 4.99 Å². The minimum atomic E-state index is -1.40. The van der Waals surface area contributed by atoms with Crippen LogP contribution in [0.1, 0.15) is 11.3 Å². The number of carboxylic acid groups (broad SMARTS) is 2. The standard InChI is InChI=1S/C15H14ClN3O.C4H4O4/c16-12-5-3-4-11(10-12)15(20,14-18-8-9-19-14)13-6-1-2-7-17-13;5-3(6)1-2-4(7)8/h1-7,10,20H,8-9H2,(H,18,19);1-2H,(H,5,6)(H,7,8)/b;2-1-. The molecule has 0 aliphatic carbocycles. The molecule has 1 aromatic carbocycles. The average molecular weight is 404 g/mol. The van der Waals surface area contributed by atoms with E-state index in [4.69, 9.17) is 21.8 Å². The van der Waals surface area contributed by atoms with Gasteiger partial charge in [-0.15, -0.1) is 0 Å². The number of rotatable bonds is 5. The van der Waals surface area contributed by atoms with E-state index >= 15 is 0 Å². The number of amidine groups is 1. The first-order valence-electron chi connectivity index (χ1n) is 8.16. The molecule has 1 aliphatic rings. The highest BCUT2D eigenvalue weighted by Crippen LogP contribution is 2.31. The zero-order valence-corrected chi connectivity index (χ0v) is 15.4. The third-order valence-corrected chi connectivity index (χ3v) is 3.90. The summed E-state index contributed by atoms with van der Waals surface area (Å²) in [6, 6.07) is 12.6. The van der Waals surface area contributed by atoms with Gasteiger partial charge >= 0.3 is 11.9 Å². The van der Waals surface area contributed by atoms with Crippen LogP contribution in [0.3, 0.4) is 0 Å². The van der Waals surface area contributed by atoms with Crippen LogP contribution in [0, 0.1) is 0 Å². The molecule has 0 spiro atoms. The van der Waals surface area contributed by atoms with E-state index in [0.29, 0.717) is 47.4 Å². The number of carbonyl (C=O) groups is 2. The molecule has 8 nitrogen and oxygen atoms in total. The zero-order chi connectivity index (χ0) is 20.6. The fraction of sp³-hybridized carbons (Fsp3) is 0.158. The van der Waals surface area contributed by atoms with Crippen molar-refractivity contribution in [3.63, 3.8) is 0 Å². The molecule has 0 radical (unpaired) electrons. The van der Waals surface area contributed by atoms with Crippen molar-refractivity contribution in [3.8, 4) is 0 Å².